The van der Waals surface area contributed by atoms with Crippen LogP contribution in [0.4, 0.5) is 5.82 Å². The molecule has 1 fully saturated rings. The lowest BCUT2D eigenvalue weighted by Gasteiger charge is -2.36. The zero-order chi connectivity index (χ0) is 12.4. The summed E-state index contributed by atoms with van der Waals surface area (Å²) in [7, 11) is 0. The SMILES string of the molecule is C[C@@H]1CN(c2cc([C@@H](C)O)ccn2)C[C@H](C)O1. The van der Waals surface area contributed by atoms with Crippen molar-refractivity contribution in [3.63, 3.8) is 0 Å². The van der Waals surface area contributed by atoms with Crippen LogP contribution in [0.2, 0.25) is 0 Å². The summed E-state index contributed by atoms with van der Waals surface area (Å²) in [5.41, 5.74) is 0.904. The first-order chi connectivity index (χ1) is 8.06. The molecule has 1 aromatic heterocycles. The van der Waals surface area contributed by atoms with Crippen molar-refractivity contribution in [3.8, 4) is 0 Å². The molecule has 2 heterocycles. The van der Waals surface area contributed by atoms with E-state index in [-0.39, 0.29) is 12.2 Å². The van der Waals surface area contributed by atoms with Crippen molar-refractivity contribution in [3.05, 3.63) is 23.9 Å². The Labute approximate surface area is 102 Å². The standard InChI is InChI=1S/C13H20N2O2/c1-9-7-15(8-10(2)17-9)13-6-12(11(3)16)4-5-14-13/h4-6,9-11,16H,7-8H2,1-3H3/t9-,10+,11-/m1/s1. The molecule has 2 rings (SSSR count). The van der Waals surface area contributed by atoms with Crippen molar-refractivity contribution < 1.29 is 9.84 Å². The van der Waals surface area contributed by atoms with Crippen LogP contribution >= 0.6 is 0 Å². The Hall–Kier alpha value is -1.13. The summed E-state index contributed by atoms with van der Waals surface area (Å²) in [6, 6.07) is 3.80. The van der Waals surface area contributed by atoms with Gasteiger partial charge in [-0.25, -0.2) is 4.98 Å². The molecule has 0 unspecified atom stereocenters. The zero-order valence-corrected chi connectivity index (χ0v) is 10.6. The van der Waals surface area contributed by atoms with E-state index in [9.17, 15) is 5.11 Å². The minimum atomic E-state index is -0.451. The van der Waals surface area contributed by atoms with E-state index in [0.29, 0.717) is 0 Å². The molecule has 17 heavy (non-hydrogen) atoms. The maximum atomic E-state index is 9.58. The van der Waals surface area contributed by atoms with Crippen LogP contribution in [0, 0.1) is 0 Å². The molecule has 1 saturated heterocycles. The third-order valence-corrected chi connectivity index (χ3v) is 3.00. The van der Waals surface area contributed by atoms with Crippen molar-refractivity contribution in [2.75, 3.05) is 18.0 Å². The van der Waals surface area contributed by atoms with Gasteiger partial charge < -0.3 is 14.7 Å². The first-order valence-electron chi connectivity index (χ1n) is 6.10. The van der Waals surface area contributed by atoms with Crippen molar-refractivity contribution in [2.24, 2.45) is 0 Å². The van der Waals surface area contributed by atoms with Gasteiger partial charge in [-0.1, -0.05) is 0 Å². The van der Waals surface area contributed by atoms with E-state index < -0.39 is 6.10 Å². The summed E-state index contributed by atoms with van der Waals surface area (Å²) in [5.74, 6) is 0.922. The number of hydrogen-bond acceptors (Lipinski definition) is 4. The highest BCUT2D eigenvalue weighted by Crippen LogP contribution is 2.21. The second-order valence-corrected chi connectivity index (χ2v) is 4.79. The number of aromatic nitrogens is 1. The molecule has 0 aliphatic carbocycles. The predicted octanol–water partition coefficient (Wildman–Crippen LogP) is 1.75. The first-order valence-corrected chi connectivity index (χ1v) is 6.10. The molecular weight excluding hydrogens is 216 g/mol. The third-order valence-electron chi connectivity index (χ3n) is 3.00. The van der Waals surface area contributed by atoms with Gasteiger partial charge in [-0.15, -0.1) is 0 Å². The maximum Gasteiger partial charge on any atom is 0.129 e. The molecule has 3 atom stereocenters. The number of aliphatic hydroxyl groups is 1. The summed E-state index contributed by atoms with van der Waals surface area (Å²) in [5, 5.41) is 9.58. The minimum absolute atomic E-state index is 0.218. The Balaban J connectivity index is 2.18. The fourth-order valence-corrected chi connectivity index (χ4v) is 2.23. The Morgan fingerprint density at radius 3 is 2.65 bits per heavy atom. The van der Waals surface area contributed by atoms with Crippen molar-refractivity contribution in [1.82, 2.24) is 4.98 Å². The molecule has 0 radical (unpaired) electrons. The normalized spacial score (nSPS) is 26.9. The zero-order valence-electron chi connectivity index (χ0n) is 10.6. The van der Waals surface area contributed by atoms with Crippen LogP contribution in [0.5, 0.6) is 0 Å². The van der Waals surface area contributed by atoms with Gasteiger partial charge in [0.15, 0.2) is 0 Å². The van der Waals surface area contributed by atoms with Gasteiger partial charge >= 0.3 is 0 Å². The van der Waals surface area contributed by atoms with Gasteiger partial charge in [0, 0.05) is 19.3 Å². The molecule has 1 aliphatic heterocycles. The summed E-state index contributed by atoms with van der Waals surface area (Å²) in [4.78, 5) is 6.59. The quantitative estimate of drug-likeness (QED) is 0.849. The van der Waals surface area contributed by atoms with Crippen molar-refractivity contribution >= 4 is 5.82 Å². The second-order valence-electron chi connectivity index (χ2n) is 4.79. The van der Waals surface area contributed by atoms with Crippen LogP contribution in [-0.4, -0.2) is 35.4 Å². The Morgan fingerprint density at radius 1 is 1.41 bits per heavy atom. The van der Waals surface area contributed by atoms with E-state index in [2.05, 4.69) is 23.7 Å². The summed E-state index contributed by atoms with van der Waals surface area (Å²) < 4.78 is 5.70. The third kappa shape index (κ3) is 2.96. The predicted molar refractivity (Wildman–Crippen MR) is 67.1 cm³/mol. The Morgan fingerprint density at radius 2 is 2.06 bits per heavy atom. The van der Waals surface area contributed by atoms with Gasteiger partial charge in [-0.05, 0) is 38.5 Å². The number of morpholine rings is 1. The van der Waals surface area contributed by atoms with Gasteiger partial charge in [0.1, 0.15) is 5.82 Å². The Kier molecular flexibility index (Phi) is 3.64. The van der Waals surface area contributed by atoms with Crippen molar-refractivity contribution in [2.45, 2.75) is 39.1 Å². The molecule has 94 valence electrons. The van der Waals surface area contributed by atoms with E-state index in [1.54, 1.807) is 13.1 Å². The highest BCUT2D eigenvalue weighted by atomic mass is 16.5. The van der Waals surface area contributed by atoms with Gasteiger partial charge in [0.2, 0.25) is 0 Å². The molecule has 0 saturated carbocycles. The maximum absolute atomic E-state index is 9.58. The molecular formula is C13H20N2O2. The first kappa shape index (κ1) is 12.3. The van der Waals surface area contributed by atoms with E-state index in [0.717, 1.165) is 24.5 Å². The average Bonchev–Trinajstić information content (AvgIpc) is 2.28. The van der Waals surface area contributed by atoms with Crippen LogP contribution in [0.3, 0.4) is 0 Å². The number of rotatable bonds is 2. The second kappa shape index (κ2) is 5.02. The van der Waals surface area contributed by atoms with Crippen LogP contribution in [0.1, 0.15) is 32.4 Å². The average molecular weight is 236 g/mol. The monoisotopic (exact) mass is 236 g/mol. The van der Waals surface area contributed by atoms with Crippen LogP contribution in [0.15, 0.2) is 18.3 Å². The van der Waals surface area contributed by atoms with E-state index in [1.807, 2.05) is 12.1 Å². The topological polar surface area (TPSA) is 45.6 Å². The lowest BCUT2D eigenvalue weighted by Crippen LogP contribution is -2.45. The Bertz CT molecular complexity index is 371. The molecule has 0 bridgehead atoms. The lowest BCUT2D eigenvalue weighted by atomic mass is 10.1. The molecule has 0 aromatic carbocycles. The van der Waals surface area contributed by atoms with Gasteiger partial charge in [-0.3, -0.25) is 0 Å². The molecule has 0 amide bonds. The van der Waals surface area contributed by atoms with Crippen LogP contribution < -0.4 is 4.90 Å². The molecule has 1 N–H and O–H groups in total. The molecule has 0 spiro atoms. The van der Waals surface area contributed by atoms with E-state index >= 15 is 0 Å². The smallest absolute Gasteiger partial charge is 0.129 e. The lowest BCUT2D eigenvalue weighted by molar-refractivity contribution is -0.00546. The number of aliphatic hydroxyl groups excluding tert-OH is 1. The number of ether oxygens (including phenoxy) is 1. The largest absolute Gasteiger partial charge is 0.389 e. The number of hydrogen-bond donors (Lipinski definition) is 1. The number of anilines is 1. The fraction of sp³-hybridized carbons (Fsp3) is 0.615. The van der Waals surface area contributed by atoms with Crippen LogP contribution in [-0.2, 0) is 4.74 Å². The van der Waals surface area contributed by atoms with Crippen LogP contribution in [0.25, 0.3) is 0 Å². The molecule has 4 heteroatoms. The minimum Gasteiger partial charge on any atom is -0.389 e. The van der Waals surface area contributed by atoms with E-state index in [4.69, 9.17) is 4.74 Å². The van der Waals surface area contributed by atoms with Crippen molar-refractivity contribution in [1.29, 1.82) is 0 Å². The van der Waals surface area contributed by atoms with Gasteiger partial charge in [0.05, 0.1) is 18.3 Å². The summed E-state index contributed by atoms with van der Waals surface area (Å²) >= 11 is 0. The highest BCUT2D eigenvalue weighted by Gasteiger charge is 2.23. The highest BCUT2D eigenvalue weighted by molar-refractivity contribution is 5.42. The molecule has 1 aliphatic rings. The van der Waals surface area contributed by atoms with E-state index in [1.165, 1.54) is 0 Å². The molecule has 4 nitrogen and oxygen atoms in total. The fourth-order valence-electron chi connectivity index (χ4n) is 2.23. The number of pyridine rings is 1. The number of nitrogens with zero attached hydrogens (tertiary/aromatic N) is 2. The molecule has 1 aromatic rings. The summed E-state index contributed by atoms with van der Waals surface area (Å²) in [6.07, 6.45) is 1.74. The van der Waals surface area contributed by atoms with Gasteiger partial charge in [-0.2, -0.15) is 0 Å². The van der Waals surface area contributed by atoms with Gasteiger partial charge in [0.25, 0.3) is 0 Å². The summed E-state index contributed by atoms with van der Waals surface area (Å²) in [6.45, 7) is 7.60.